The number of halogens is 1. The number of hydrogen-bond donors (Lipinski definition) is 0. The highest BCUT2D eigenvalue weighted by atomic mass is 79.9. The van der Waals surface area contributed by atoms with Crippen LogP contribution in [0.25, 0.3) is 0 Å². The Balaban J connectivity index is 1.94. The van der Waals surface area contributed by atoms with Crippen molar-refractivity contribution in [2.75, 3.05) is 11.9 Å². The molecule has 1 aromatic carbocycles. The average Bonchev–Trinajstić information content (AvgIpc) is 2.28. The molecular formula is C16H23BrO. The fourth-order valence-corrected chi connectivity index (χ4v) is 3.00. The summed E-state index contributed by atoms with van der Waals surface area (Å²) in [5, 5.41) is 1.06. The zero-order chi connectivity index (χ0) is 13.2. The molecule has 1 aliphatic carbocycles. The molecular weight excluding hydrogens is 288 g/mol. The van der Waals surface area contributed by atoms with Crippen LogP contribution in [0.3, 0.4) is 0 Å². The molecule has 0 spiro atoms. The third kappa shape index (κ3) is 3.09. The van der Waals surface area contributed by atoms with Crippen molar-refractivity contribution < 1.29 is 4.74 Å². The molecule has 1 nitrogen and oxygen atoms in total. The van der Waals surface area contributed by atoms with Crippen LogP contribution in [0.15, 0.2) is 24.3 Å². The molecule has 1 aliphatic rings. The van der Waals surface area contributed by atoms with E-state index in [1.807, 2.05) is 0 Å². The number of rotatable bonds is 4. The van der Waals surface area contributed by atoms with E-state index >= 15 is 0 Å². The predicted octanol–water partition coefficient (Wildman–Crippen LogP) is 4.93. The first kappa shape index (κ1) is 13.9. The first-order valence-electron chi connectivity index (χ1n) is 6.75. The summed E-state index contributed by atoms with van der Waals surface area (Å²) in [5.74, 6) is 0.996. The summed E-state index contributed by atoms with van der Waals surface area (Å²) in [6.07, 6.45) is 3.93. The average molecular weight is 311 g/mol. The van der Waals surface area contributed by atoms with Crippen LogP contribution in [-0.4, -0.2) is 11.9 Å². The molecule has 2 heteroatoms. The molecule has 0 atom stereocenters. The molecule has 100 valence electrons. The van der Waals surface area contributed by atoms with Crippen LogP contribution >= 0.6 is 15.9 Å². The summed E-state index contributed by atoms with van der Waals surface area (Å²) in [6, 6.07) is 8.55. The topological polar surface area (TPSA) is 9.23 Å². The van der Waals surface area contributed by atoms with Gasteiger partial charge in [0.05, 0.1) is 6.61 Å². The summed E-state index contributed by atoms with van der Waals surface area (Å²) >= 11 is 3.61. The molecule has 1 saturated carbocycles. The largest absolute Gasteiger partial charge is 0.493 e. The Morgan fingerprint density at radius 2 is 1.78 bits per heavy atom. The van der Waals surface area contributed by atoms with Gasteiger partial charge in [-0.3, -0.25) is 0 Å². The fraction of sp³-hybridized carbons (Fsp3) is 0.625. The van der Waals surface area contributed by atoms with Crippen molar-refractivity contribution in [2.24, 2.45) is 5.41 Å². The fourth-order valence-electron chi connectivity index (χ4n) is 2.28. The number of alkyl halides is 1. The van der Waals surface area contributed by atoms with Crippen molar-refractivity contribution >= 4 is 15.9 Å². The summed E-state index contributed by atoms with van der Waals surface area (Å²) in [4.78, 5) is 0. The van der Waals surface area contributed by atoms with Crippen LogP contribution in [-0.2, 0) is 5.41 Å². The minimum Gasteiger partial charge on any atom is -0.493 e. The van der Waals surface area contributed by atoms with E-state index < -0.39 is 0 Å². The maximum Gasteiger partial charge on any atom is 0.119 e. The van der Waals surface area contributed by atoms with Crippen LogP contribution in [0.1, 0.15) is 45.6 Å². The molecule has 0 saturated heterocycles. The second kappa shape index (κ2) is 5.24. The van der Waals surface area contributed by atoms with E-state index in [9.17, 15) is 0 Å². The van der Waals surface area contributed by atoms with E-state index in [0.717, 1.165) is 17.7 Å². The Labute approximate surface area is 119 Å². The van der Waals surface area contributed by atoms with E-state index in [1.165, 1.54) is 24.8 Å². The molecule has 0 aliphatic heterocycles. The first-order chi connectivity index (χ1) is 8.45. The van der Waals surface area contributed by atoms with Gasteiger partial charge in [-0.2, -0.15) is 0 Å². The zero-order valence-corrected chi connectivity index (χ0v) is 13.2. The van der Waals surface area contributed by atoms with E-state index in [2.05, 4.69) is 61.0 Å². The van der Waals surface area contributed by atoms with E-state index in [1.54, 1.807) is 0 Å². The minimum atomic E-state index is 0.212. The molecule has 0 radical (unpaired) electrons. The molecule has 0 aromatic heterocycles. The van der Waals surface area contributed by atoms with Gasteiger partial charge >= 0.3 is 0 Å². The zero-order valence-electron chi connectivity index (χ0n) is 11.6. The highest BCUT2D eigenvalue weighted by molar-refractivity contribution is 9.09. The second-order valence-corrected chi connectivity index (χ2v) is 7.11. The Kier molecular flexibility index (Phi) is 4.05. The summed E-state index contributed by atoms with van der Waals surface area (Å²) in [5.41, 5.74) is 1.96. The Morgan fingerprint density at radius 3 is 2.17 bits per heavy atom. The van der Waals surface area contributed by atoms with Gasteiger partial charge in [-0.25, -0.2) is 0 Å². The van der Waals surface area contributed by atoms with Crippen molar-refractivity contribution in [1.82, 2.24) is 0 Å². The maximum atomic E-state index is 5.94. The van der Waals surface area contributed by atoms with Crippen molar-refractivity contribution in [3.63, 3.8) is 0 Å². The van der Waals surface area contributed by atoms with Crippen LogP contribution in [0, 0.1) is 5.41 Å². The number of benzene rings is 1. The lowest BCUT2D eigenvalue weighted by atomic mass is 9.71. The monoisotopic (exact) mass is 310 g/mol. The van der Waals surface area contributed by atoms with E-state index in [-0.39, 0.29) is 5.41 Å². The molecule has 0 amide bonds. The van der Waals surface area contributed by atoms with Gasteiger partial charge in [0.2, 0.25) is 0 Å². The molecule has 0 N–H and O–H groups in total. The van der Waals surface area contributed by atoms with Crippen LogP contribution in [0.2, 0.25) is 0 Å². The Morgan fingerprint density at radius 1 is 1.17 bits per heavy atom. The van der Waals surface area contributed by atoms with Crippen molar-refractivity contribution in [3.05, 3.63) is 29.8 Å². The molecule has 2 rings (SSSR count). The highest BCUT2D eigenvalue weighted by Crippen LogP contribution is 2.42. The van der Waals surface area contributed by atoms with Gasteiger partial charge in [0.1, 0.15) is 5.75 Å². The second-order valence-electron chi connectivity index (χ2n) is 6.55. The van der Waals surface area contributed by atoms with Crippen LogP contribution in [0.5, 0.6) is 5.75 Å². The smallest absolute Gasteiger partial charge is 0.119 e. The summed E-state index contributed by atoms with van der Waals surface area (Å²) in [6.45, 7) is 7.54. The molecule has 0 unspecified atom stereocenters. The van der Waals surface area contributed by atoms with Gasteiger partial charge in [0, 0.05) is 10.7 Å². The first-order valence-corrected chi connectivity index (χ1v) is 7.87. The summed E-state index contributed by atoms with van der Waals surface area (Å²) < 4.78 is 5.94. The van der Waals surface area contributed by atoms with Gasteiger partial charge in [-0.05, 0) is 36.0 Å². The molecule has 1 aromatic rings. The normalized spacial score (nSPS) is 18.2. The van der Waals surface area contributed by atoms with Crippen molar-refractivity contribution in [1.29, 1.82) is 0 Å². The number of ether oxygens (including phenoxy) is 1. The van der Waals surface area contributed by atoms with Gasteiger partial charge in [-0.1, -0.05) is 55.3 Å². The van der Waals surface area contributed by atoms with Crippen LogP contribution in [0.4, 0.5) is 0 Å². The molecule has 18 heavy (non-hydrogen) atoms. The molecule has 0 bridgehead atoms. The third-order valence-corrected chi connectivity index (χ3v) is 5.15. The quantitative estimate of drug-likeness (QED) is 0.717. The van der Waals surface area contributed by atoms with E-state index in [4.69, 9.17) is 4.74 Å². The van der Waals surface area contributed by atoms with Crippen molar-refractivity contribution in [2.45, 2.75) is 45.4 Å². The molecule has 0 heterocycles. The Bertz CT molecular complexity index is 379. The van der Waals surface area contributed by atoms with Gasteiger partial charge in [0.15, 0.2) is 0 Å². The standard InChI is InChI=1S/C16H23BrO/c1-15(2,3)13-5-7-14(8-6-13)18-12-16(11-17)9-4-10-16/h5-8H,4,9-12H2,1-3H3. The van der Waals surface area contributed by atoms with Gasteiger partial charge in [0.25, 0.3) is 0 Å². The van der Waals surface area contributed by atoms with Gasteiger partial charge in [-0.15, -0.1) is 0 Å². The third-order valence-electron chi connectivity index (χ3n) is 3.96. The predicted molar refractivity (Wildman–Crippen MR) is 80.7 cm³/mol. The lowest BCUT2D eigenvalue weighted by Gasteiger charge is -2.40. The molecule has 1 fully saturated rings. The number of hydrogen-bond acceptors (Lipinski definition) is 1. The lowest BCUT2D eigenvalue weighted by molar-refractivity contribution is 0.0838. The summed E-state index contributed by atoms with van der Waals surface area (Å²) in [7, 11) is 0. The van der Waals surface area contributed by atoms with Crippen molar-refractivity contribution in [3.8, 4) is 5.75 Å². The highest BCUT2D eigenvalue weighted by Gasteiger charge is 2.36. The van der Waals surface area contributed by atoms with Crippen LogP contribution < -0.4 is 4.74 Å². The minimum absolute atomic E-state index is 0.212. The Hall–Kier alpha value is -0.500. The maximum absolute atomic E-state index is 5.94. The van der Waals surface area contributed by atoms with E-state index in [0.29, 0.717) is 5.41 Å². The lowest BCUT2D eigenvalue weighted by Crippen LogP contribution is -2.37. The SMILES string of the molecule is CC(C)(C)c1ccc(OCC2(CBr)CCC2)cc1. The van der Waals surface area contributed by atoms with Gasteiger partial charge < -0.3 is 4.74 Å².